The lowest BCUT2D eigenvalue weighted by molar-refractivity contribution is -0.135. The first-order chi connectivity index (χ1) is 16.0. The molecule has 3 atom stereocenters. The Kier molecular flexibility index (Phi) is 7.81. The number of carbonyl (C=O) groups excluding carboxylic acids is 3. The highest BCUT2D eigenvalue weighted by Crippen LogP contribution is 2.23. The van der Waals surface area contributed by atoms with Crippen LogP contribution in [0.4, 0.5) is 0 Å². The molecule has 0 radical (unpaired) electrons. The summed E-state index contributed by atoms with van der Waals surface area (Å²) in [5.74, 6) is -0.176. The second kappa shape index (κ2) is 11.0. The number of rotatable bonds is 6. The minimum Gasteiger partial charge on any atom is -0.351 e. The van der Waals surface area contributed by atoms with Gasteiger partial charge in [0.05, 0.1) is 12.3 Å². The van der Waals surface area contributed by atoms with Crippen LogP contribution in [0.1, 0.15) is 59.3 Å². The molecular weight excluding hydrogens is 434 g/mol. The number of amides is 3. The molecule has 176 valence electrons. The van der Waals surface area contributed by atoms with Crippen LogP contribution in [0.3, 0.4) is 0 Å². The zero-order chi connectivity index (χ0) is 23.2. The molecule has 1 saturated heterocycles. The van der Waals surface area contributed by atoms with Crippen LogP contribution in [0.25, 0.3) is 0 Å². The molecule has 3 amide bonds. The Morgan fingerprint density at radius 2 is 1.73 bits per heavy atom. The SMILES string of the molecule is Cc1ccccc1C(=O)N[C@@H]1CCCC[C@H]1NC(=O)C1CCCN(C(=O)Cc2cccs2)C1. The average molecular weight is 468 g/mol. The second-order valence-corrected chi connectivity index (χ2v) is 10.3. The molecule has 2 N–H and O–H groups in total. The molecule has 0 bridgehead atoms. The van der Waals surface area contributed by atoms with E-state index in [1.54, 1.807) is 11.3 Å². The molecule has 1 aliphatic heterocycles. The van der Waals surface area contributed by atoms with E-state index in [2.05, 4.69) is 10.6 Å². The molecule has 1 aromatic carbocycles. The van der Waals surface area contributed by atoms with Crippen LogP contribution in [0, 0.1) is 12.8 Å². The van der Waals surface area contributed by atoms with Crippen LogP contribution in [-0.4, -0.2) is 47.8 Å². The fraction of sp³-hybridized carbons (Fsp3) is 0.500. The van der Waals surface area contributed by atoms with Gasteiger partial charge in [-0.2, -0.15) is 0 Å². The van der Waals surface area contributed by atoms with Crippen molar-refractivity contribution >= 4 is 29.1 Å². The lowest BCUT2D eigenvalue weighted by atomic mass is 9.88. The minimum atomic E-state index is -0.194. The third-order valence-electron chi connectivity index (χ3n) is 6.85. The molecule has 1 saturated carbocycles. The second-order valence-electron chi connectivity index (χ2n) is 9.23. The average Bonchev–Trinajstić information content (AvgIpc) is 3.33. The van der Waals surface area contributed by atoms with Crippen molar-refractivity contribution in [3.05, 3.63) is 57.8 Å². The standard InChI is InChI=1S/C26H33N3O3S/c1-18-8-2-3-11-21(18)26(32)28-23-13-5-4-12-22(23)27-25(31)19-9-6-14-29(17-19)24(30)16-20-10-7-15-33-20/h2-3,7-8,10-11,15,19,22-23H,4-6,9,12-14,16-17H2,1H3,(H,27,31)(H,28,32)/t19?,22-,23-/m1/s1. The number of nitrogens with one attached hydrogen (secondary N) is 2. The lowest BCUT2D eigenvalue weighted by Gasteiger charge is -2.36. The number of aryl methyl sites for hydroxylation is 1. The van der Waals surface area contributed by atoms with E-state index in [9.17, 15) is 14.4 Å². The van der Waals surface area contributed by atoms with Crippen LogP contribution in [-0.2, 0) is 16.0 Å². The van der Waals surface area contributed by atoms with E-state index in [0.29, 0.717) is 25.1 Å². The van der Waals surface area contributed by atoms with Gasteiger partial charge in [0.15, 0.2) is 0 Å². The summed E-state index contributed by atoms with van der Waals surface area (Å²) in [5, 5.41) is 8.37. The summed E-state index contributed by atoms with van der Waals surface area (Å²) >= 11 is 1.59. The topological polar surface area (TPSA) is 78.5 Å². The van der Waals surface area contributed by atoms with Crippen molar-refractivity contribution < 1.29 is 14.4 Å². The van der Waals surface area contributed by atoms with Crippen LogP contribution in [0.15, 0.2) is 41.8 Å². The molecule has 2 aromatic rings. The summed E-state index contributed by atoms with van der Waals surface area (Å²) in [6.45, 7) is 3.12. The summed E-state index contributed by atoms with van der Waals surface area (Å²) in [6, 6.07) is 11.4. The van der Waals surface area contributed by atoms with E-state index in [0.717, 1.165) is 49.0 Å². The molecule has 1 aromatic heterocycles. The molecule has 2 aliphatic rings. The van der Waals surface area contributed by atoms with Crippen LogP contribution < -0.4 is 10.6 Å². The molecular formula is C26H33N3O3S. The molecule has 1 unspecified atom stereocenters. The number of piperidine rings is 1. The van der Waals surface area contributed by atoms with Gasteiger partial charge >= 0.3 is 0 Å². The zero-order valence-electron chi connectivity index (χ0n) is 19.2. The fourth-order valence-electron chi connectivity index (χ4n) is 4.94. The maximum atomic E-state index is 13.1. The van der Waals surface area contributed by atoms with E-state index >= 15 is 0 Å². The normalized spacial score (nSPS) is 23.1. The number of benzene rings is 1. The molecule has 7 heteroatoms. The number of carbonyl (C=O) groups is 3. The monoisotopic (exact) mass is 467 g/mol. The molecule has 0 spiro atoms. The van der Waals surface area contributed by atoms with Gasteiger partial charge in [0.25, 0.3) is 5.91 Å². The zero-order valence-corrected chi connectivity index (χ0v) is 20.0. The summed E-state index contributed by atoms with van der Waals surface area (Å²) in [6.07, 6.45) is 5.84. The number of thiophene rings is 1. The Bertz CT molecular complexity index is 975. The van der Waals surface area contributed by atoms with Gasteiger partial charge in [-0.15, -0.1) is 11.3 Å². The number of hydrogen-bond acceptors (Lipinski definition) is 4. The maximum absolute atomic E-state index is 13.1. The van der Waals surface area contributed by atoms with Crippen LogP contribution >= 0.6 is 11.3 Å². The minimum absolute atomic E-state index is 0.00524. The third kappa shape index (κ3) is 6.02. The van der Waals surface area contributed by atoms with Crippen molar-refractivity contribution in [1.29, 1.82) is 0 Å². The van der Waals surface area contributed by atoms with Crippen LogP contribution in [0.2, 0.25) is 0 Å². The van der Waals surface area contributed by atoms with E-state index < -0.39 is 0 Å². The smallest absolute Gasteiger partial charge is 0.251 e. The van der Waals surface area contributed by atoms with Crippen molar-refractivity contribution in [3.63, 3.8) is 0 Å². The van der Waals surface area contributed by atoms with Crippen molar-refractivity contribution in [2.24, 2.45) is 5.92 Å². The largest absolute Gasteiger partial charge is 0.351 e. The number of nitrogens with zero attached hydrogens (tertiary/aromatic N) is 1. The van der Waals surface area contributed by atoms with E-state index in [1.807, 2.05) is 53.6 Å². The number of likely N-dealkylation sites (tertiary alicyclic amines) is 1. The van der Waals surface area contributed by atoms with E-state index in [-0.39, 0.29) is 35.7 Å². The first-order valence-electron chi connectivity index (χ1n) is 12.0. The quantitative estimate of drug-likeness (QED) is 0.680. The molecule has 2 heterocycles. The third-order valence-corrected chi connectivity index (χ3v) is 7.73. The van der Waals surface area contributed by atoms with Gasteiger partial charge < -0.3 is 15.5 Å². The molecule has 4 rings (SSSR count). The lowest BCUT2D eigenvalue weighted by Crippen LogP contribution is -2.55. The summed E-state index contributed by atoms with van der Waals surface area (Å²) in [7, 11) is 0. The first-order valence-corrected chi connectivity index (χ1v) is 12.9. The predicted molar refractivity (Wildman–Crippen MR) is 130 cm³/mol. The van der Waals surface area contributed by atoms with Gasteiger partial charge in [-0.25, -0.2) is 0 Å². The highest BCUT2D eigenvalue weighted by molar-refractivity contribution is 7.10. The van der Waals surface area contributed by atoms with Gasteiger partial charge in [-0.3, -0.25) is 14.4 Å². The Labute approximate surface area is 199 Å². The molecule has 1 aliphatic carbocycles. The van der Waals surface area contributed by atoms with Gasteiger partial charge in [0, 0.05) is 35.6 Å². The highest BCUT2D eigenvalue weighted by atomic mass is 32.1. The molecule has 2 fully saturated rings. The van der Waals surface area contributed by atoms with E-state index in [1.165, 1.54) is 0 Å². The maximum Gasteiger partial charge on any atom is 0.251 e. The van der Waals surface area contributed by atoms with Gasteiger partial charge in [0.2, 0.25) is 11.8 Å². The van der Waals surface area contributed by atoms with Crippen molar-refractivity contribution in [1.82, 2.24) is 15.5 Å². The predicted octanol–water partition coefficient (Wildman–Crippen LogP) is 3.70. The molecule has 33 heavy (non-hydrogen) atoms. The van der Waals surface area contributed by atoms with Gasteiger partial charge in [-0.1, -0.05) is 37.1 Å². The highest BCUT2D eigenvalue weighted by Gasteiger charge is 2.33. The molecule has 6 nitrogen and oxygen atoms in total. The van der Waals surface area contributed by atoms with Crippen molar-refractivity contribution in [3.8, 4) is 0 Å². The Morgan fingerprint density at radius 1 is 0.970 bits per heavy atom. The van der Waals surface area contributed by atoms with Gasteiger partial charge in [0.1, 0.15) is 0 Å². The van der Waals surface area contributed by atoms with Crippen molar-refractivity contribution in [2.45, 2.75) is 64.0 Å². The summed E-state index contributed by atoms with van der Waals surface area (Å²) in [5.41, 5.74) is 1.63. The van der Waals surface area contributed by atoms with Crippen LogP contribution in [0.5, 0.6) is 0 Å². The van der Waals surface area contributed by atoms with Gasteiger partial charge in [-0.05, 0) is 55.7 Å². The van der Waals surface area contributed by atoms with E-state index in [4.69, 9.17) is 0 Å². The Morgan fingerprint density at radius 3 is 2.45 bits per heavy atom. The summed E-state index contributed by atoms with van der Waals surface area (Å²) < 4.78 is 0. The summed E-state index contributed by atoms with van der Waals surface area (Å²) in [4.78, 5) is 41.6. The Hall–Kier alpha value is -2.67. The number of hydrogen-bond donors (Lipinski definition) is 2. The fourth-order valence-corrected chi connectivity index (χ4v) is 5.64. The Balaban J connectivity index is 1.34. The first kappa shape index (κ1) is 23.5. The van der Waals surface area contributed by atoms with Crippen molar-refractivity contribution in [2.75, 3.05) is 13.1 Å².